The average Bonchev–Trinajstić information content (AvgIpc) is 2.97. The van der Waals surface area contributed by atoms with E-state index in [4.69, 9.17) is 4.74 Å². The molecule has 2 atom stereocenters. The molecule has 2 aromatic rings. The Kier molecular flexibility index (Phi) is 4.01. The Morgan fingerprint density at radius 2 is 1.86 bits per heavy atom. The van der Waals surface area contributed by atoms with Gasteiger partial charge in [0.05, 0.1) is 22.6 Å². The number of nitrogens with zero attached hydrogens (tertiary/aromatic N) is 1. The maximum Gasteiger partial charge on any atom is 0.216 e. The highest BCUT2D eigenvalue weighted by atomic mass is 32.2. The van der Waals surface area contributed by atoms with E-state index in [1.165, 1.54) is 12.1 Å². The molecule has 3 rings (SSSR count). The van der Waals surface area contributed by atoms with Crippen molar-refractivity contribution in [1.82, 2.24) is 0 Å². The summed E-state index contributed by atoms with van der Waals surface area (Å²) in [6.07, 6.45) is 0. The average molecular weight is 301 g/mol. The molecule has 0 saturated heterocycles. The minimum atomic E-state index is -1.15. The molecular weight excluding hydrogens is 286 g/mol. The molecule has 0 saturated carbocycles. The summed E-state index contributed by atoms with van der Waals surface area (Å²) < 4.78 is 17.8. The van der Waals surface area contributed by atoms with Gasteiger partial charge in [-0.15, -0.1) is 0 Å². The zero-order chi connectivity index (χ0) is 14.7. The Bertz CT molecular complexity index is 668. The van der Waals surface area contributed by atoms with Gasteiger partial charge in [-0.1, -0.05) is 18.2 Å². The fraction of sp³-hybridized carbons (Fsp3) is 0.188. The van der Waals surface area contributed by atoms with E-state index in [-0.39, 0.29) is 11.8 Å². The highest BCUT2D eigenvalue weighted by molar-refractivity contribution is 7.85. The lowest BCUT2D eigenvalue weighted by Crippen LogP contribution is -2.16. The Morgan fingerprint density at radius 1 is 1.14 bits per heavy atom. The van der Waals surface area contributed by atoms with E-state index in [9.17, 15) is 9.32 Å². The van der Waals surface area contributed by atoms with Gasteiger partial charge in [-0.25, -0.2) is 4.99 Å². The Hall–Kier alpha value is -2.14. The zero-order valence-electron chi connectivity index (χ0n) is 11.3. The van der Waals surface area contributed by atoms with Crippen LogP contribution in [0, 0.1) is 0 Å². The normalized spacial score (nSPS) is 18.9. The van der Waals surface area contributed by atoms with Gasteiger partial charge in [0.1, 0.15) is 12.4 Å². The maximum absolute atomic E-state index is 12.3. The van der Waals surface area contributed by atoms with Crippen molar-refractivity contribution in [1.29, 1.82) is 0 Å². The second-order valence-corrected chi connectivity index (χ2v) is 6.27. The fourth-order valence-corrected chi connectivity index (χ4v) is 3.26. The van der Waals surface area contributed by atoms with Gasteiger partial charge in [0.25, 0.3) is 0 Å². The van der Waals surface area contributed by atoms with E-state index < -0.39 is 10.8 Å². The first-order valence-electron chi connectivity index (χ1n) is 6.66. The number of ether oxygens (including phenoxy) is 1. The number of phenols is 1. The molecule has 5 heteroatoms. The fourth-order valence-electron chi connectivity index (χ4n) is 2.11. The lowest BCUT2D eigenvalue weighted by molar-refractivity contribution is 0.325. The molecule has 0 aromatic heterocycles. The third-order valence-corrected chi connectivity index (χ3v) is 4.66. The van der Waals surface area contributed by atoms with E-state index in [0.29, 0.717) is 23.2 Å². The summed E-state index contributed by atoms with van der Waals surface area (Å²) in [4.78, 5) is 5.18. The molecule has 2 aromatic carbocycles. The van der Waals surface area contributed by atoms with Crippen LogP contribution in [-0.2, 0) is 15.5 Å². The first kappa shape index (κ1) is 13.8. The van der Waals surface area contributed by atoms with Crippen LogP contribution in [-0.4, -0.2) is 33.6 Å². The lowest BCUT2D eigenvalue weighted by atomic mass is 10.2. The molecular formula is C16H15NO3S. The van der Waals surface area contributed by atoms with E-state index in [1.807, 2.05) is 30.3 Å². The van der Waals surface area contributed by atoms with E-state index in [2.05, 4.69) is 4.99 Å². The molecule has 0 radical (unpaired) electrons. The summed E-state index contributed by atoms with van der Waals surface area (Å²) >= 11 is 0. The van der Waals surface area contributed by atoms with Crippen LogP contribution in [0.2, 0.25) is 0 Å². The summed E-state index contributed by atoms with van der Waals surface area (Å²) in [5, 5.41) is 9.24. The van der Waals surface area contributed by atoms with Crippen LogP contribution >= 0.6 is 0 Å². The molecule has 0 spiro atoms. The molecule has 0 aliphatic carbocycles. The maximum atomic E-state index is 12.3. The smallest absolute Gasteiger partial charge is 0.216 e. The summed E-state index contributed by atoms with van der Waals surface area (Å²) in [5.41, 5.74) is 0.940. The van der Waals surface area contributed by atoms with Crippen molar-refractivity contribution in [3.63, 3.8) is 0 Å². The summed E-state index contributed by atoms with van der Waals surface area (Å²) in [7, 11) is -1.15. The number of rotatable bonds is 4. The van der Waals surface area contributed by atoms with Crippen LogP contribution in [0.1, 0.15) is 5.56 Å². The van der Waals surface area contributed by atoms with Crippen LogP contribution in [0.3, 0.4) is 0 Å². The van der Waals surface area contributed by atoms with Crippen molar-refractivity contribution in [2.24, 2.45) is 4.99 Å². The van der Waals surface area contributed by atoms with Crippen LogP contribution in [0.4, 0.5) is 0 Å². The van der Waals surface area contributed by atoms with Crippen molar-refractivity contribution < 1.29 is 14.1 Å². The number of aromatic hydroxyl groups is 1. The molecule has 0 unspecified atom stereocenters. The highest BCUT2D eigenvalue weighted by Crippen LogP contribution is 2.17. The van der Waals surface area contributed by atoms with Crippen LogP contribution in [0.5, 0.6) is 5.75 Å². The van der Waals surface area contributed by atoms with E-state index >= 15 is 0 Å². The van der Waals surface area contributed by atoms with Gasteiger partial charge in [0.15, 0.2) is 0 Å². The topological polar surface area (TPSA) is 58.9 Å². The largest absolute Gasteiger partial charge is 0.508 e. The lowest BCUT2D eigenvalue weighted by Gasteiger charge is -2.05. The van der Waals surface area contributed by atoms with Gasteiger partial charge < -0.3 is 9.84 Å². The predicted octanol–water partition coefficient (Wildman–Crippen LogP) is 2.35. The Balaban J connectivity index is 1.68. The minimum Gasteiger partial charge on any atom is -0.508 e. The van der Waals surface area contributed by atoms with Crippen LogP contribution < -0.4 is 0 Å². The summed E-state index contributed by atoms with van der Waals surface area (Å²) in [5.74, 6) is 1.20. The van der Waals surface area contributed by atoms with Crippen molar-refractivity contribution in [3.8, 4) is 5.75 Å². The molecule has 1 aliphatic heterocycles. The number of hydrogen-bond donors (Lipinski definition) is 1. The quantitative estimate of drug-likeness (QED) is 0.943. The Morgan fingerprint density at radius 3 is 2.57 bits per heavy atom. The molecule has 0 fully saturated rings. The highest BCUT2D eigenvalue weighted by Gasteiger charge is 2.22. The zero-order valence-corrected chi connectivity index (χ0v) is 12.1. The standard InChI is InChI=1S/C16H15NO3S/c18-14-6-8-15(9-7-14)21(19)11-13-10-20-16(17-13)12-4-2-1-3-5-12/h1-9,13,18H,10-11H2/t13-,21-/m0/s1. The van der Waals surface area contributed by atoms with Gasteiger partial charge in [0.2, 0.25) is 5.90 Å². The first-order chi connectivity index (χ1) is 10.2. The van der Waals surface area contributed by atoms with Gasteiger partial charge in [-0.2, -0.15) is 0 Å². The van der Waals surface area contributed by atoms with Crippen molar-refractivity contribution in [3.05, 3.63) is 60.2 Å². The Labute approximate surface area is 125 Å². The van der Waals surface area contributed by atoms with Gasteiger partial charge in [0, 0.05) is 10.5 Å². The van der Waals surface area contributed by atoms with Gasteiger partial charge >= 0.3 is 0 Å². The number of aliphatic imine (C=N–C) groups is 1. The SMILES string of the molecule is O=[S@@](C[C@@H]1COC(c2ccccc2)=N1)c1ccc(O)cc1. The van der Waals surface area contributed by atoms with E-state index in [1.54, 1.807) is 12.1 Å². The molecule has 0 amide bonds. The number of benzene rings is 2. The van der Waals surface area contributed by atoms with Crippen molar-refractivity contribution in [2.45, 2.75) is 10.9 Å². The van der Waals surface area contributed by atoms with Crippen LogP contribution in [0.25, 0.3) is 0 Å². The second kappa shape index (κ2) is 6.10. The predicted molar refractivity (Wildman–Crippen MR) is 82.1 cm³/mol. The van der Waals surface area contributed by atoms with Crippen molar-refractivity contribution in [2.75, 3.05) is 12.4 Å². The molecule has 0 bridgehead atoms. The first-order valence-corrected chi connectivity index (χ1v) is 7.98. The van der Waals surface area contributed by atoms with Gasteiger partial charge in [-0.3, -0.25) is 4.21 Å². The van der Waals surface area contributed by atoms with Gasteiger partial charge in [-0.05, 0) is 36.4 Å². The number of hydrogen-bond acceptors (Lipinski definition) is 4. The molecule has 1 aliphatic rings. The molecule has 1 N–H and O–H groups in total. The molecule has 108 valence electrons. The monoisotopic (exact) mass is 301 g/mol. The third-order valence-electron chi connectivity index (χ3n) is 3.18. The number of phenolic OH excluding ortho intramolecular Hbond substituents is 1. The molecule has 1 heterocycles. The second-order valence-electron chi connectivity index (χ2n) is 4.77. The van der Waals surface area contributed by atoms with Crippen LogP contribution in [0.15, 0.2) is 64.5 Å². The molecule has 21 heavy (non-hydrogen) atoms. The minimum absolute atomic E-state index is 0.102. The molecule has 4 nitrogen and oxygen atoms in total. The summed E-state index contributed by atoms with van der Waals surface area (Å²) in [6, 6.07) is 16.0. The van der Waals surface area contributed by atoms with Crippen molar-refractivity contribution >= 4 is 16.7 Å². The third kappa shape index (κ3) is 3.31. The van der Waals surface area contributed by atoms with E-state index in [0.717, 1.165) is 5.56 Å². The summed E-state index contributed by atoms with van der Waals surface area (Å²) in [6.45, 7) is 0.452.